The van der Waals surface area contributed by atoms with E-state index in [1.54, 1.807) is 0 Å². The highest BCUT2D eigenvalue weighted by molar-refractivity contribution is 5.76. The first-order valence-electron chi connectivity index (χ1n) is 7.74. The lowest BCUT2D eigenvalue weighted by atomic mass is 9.89. The summed E-state index contributed by atoms with van der Waals surface area (Å²) in [5.41, 5.74) is 7.98. The standard InChI is InChI=1S/C21H19N/c1-15-12-16(2)19-10-11-22-14-18(17-6-4-3-5-7-17)8-9-21(22)20(19)13-15/h3-14,21H,1-2H3. The third-order valence-electron chi connectivity index (χ3n) is 4.47. The number of hydrogen-bond donors (Lipinski definition) is 0. The van der Waals surface area contributed by atoms with Crippen molar-refractivity contribution in [3.05, 3.63) is 94.8 Å². The van der Waals surface area contributed by atoms with Gasteiger partial charge in [-0.2, -0.15) is 0 Å². The van der Waals surface area contributed by atoms with Crippen LogP contribution in [0.2, 0.25) is 0 Å². The Kier molecular flexibility index (Phi) is 3.00. The second-order valence-electron chi connectivity index (χ2n) is 6.10. The average molecular weight is 285 g/mol. The monoisotopic (exact) mass is 285 g/mol. The van der Waals surface area contributed by atoms with Crippen molar-refractivity contribution < 1.29 is 0 Å². The number of nitrogens with zero attached hydrogens (tertiary/aromatic N) is 1. The summed E-state index contributed by atoms with van der Waals surface area (Å²) >= 11 is 0. The molecular weight excluding hydrogens is 266 g/mol. The van der Waals surface area contributed by atoms with Crippen LogP contribution >= 0.6 is 0 Å². The van der Waals surface area contributed by atoms with Crippen LogP contribution in [0.1, 0.15) is 33.9 Å². The molecule has 108 valence electrons. The van der Waals surface area contributed by atoms with Crippen LogP contribution in [0, 0.1) is 13.8 Å². The summed E-state index contributed by atoms with van der Waals surface area (Å²) in [6.45, 7) is 4.37. The molecule has 4 rings (SSSR count). The highest BCUT2D eigenvalue weighted by atomic mass is 15.1. The second kappa shape index (κ2) is 5.03. The first-order valence-corrected chi connectivity index (χ1v) is 7.74. The van der Waals surface area contributed by atoms with Gasteiger partial charge < -0.3 is 4.90 Å². The van der Waals surface area contributed by atoms with Crippen LogP contribution in [0.4, 0.5) is 0 Å². The number of benzene rings is 2. The minimum absolute atomic E-state index is 0.311. The lowest BCUT2D eigenvalue weighted by molar-refractivity contribution is 0.432. The van der Waals surface area contributed by atoms with E-state index in [0.29, 0.717) is 6.04 Å². The molecule has 0 spiro atoms. The van der Waals surface area contributed by atoms with E-state index in [1.165, 1.54) is 33.4 Å². The Labute approximate surface area is 131 Å². The molecule has 0 amide bonds. The largest absolute Gasteiger partial charge is 0.343 e. The maximum atomic E-state index is 2.31. The molecule has 0 aliphatic carbocycles. The van der Waals surface area contributed by atoms with Crippen molar-refractivity contribution in [2.24, 2.45) is 0 Å². The zero-order valence-corrected chi connectivity index (χ0v) is 13.0. The summed E-state index contributed by atoms with van der Waals surface area (Å²) in [5.74, 6) is 0. The van der Waals surface area contributed by atoms with Gasteiger partial charge in [-0.1, -0.05) is 60.2 Å². The van der Waals surface area contributed by atoms with Crippen LogP contribution in [0.15, 0.2) is 67.0 Å². The Morgan fingerprint density at radius 3 is 2.59 bits per heavy atom. The Bertz CT molecular complexity index is 809. The van der Waals surface area contributed by atoms with Crippen molar-refractivity contribution in [1.82, 2.24) is 4.90 Å². The number of hydrogen-bond acceptors (Lipinski definition) is 1. The first kappa shape index (κ1) is 13.1. The molecule has 0 saturated heterocycles. The third-order valence-corrected chi connectivity index (χ3v) is 4.47. The SMILES string of the molecule is Cc1cc(C)c2c(c1)C1C=CC(c3ccccc3)=CN1C=C2. The van der Waals surface area contributed by atoms with Crippen LogP contribution < -0.4 is 0 Å². The maximum Gasteiger partial charge on any atom is 0.0773 e. The smallest absolute Gasteiger partial charge is 0.0773 e. The number of fused-ring (bicyclic) bond motifs is 3. The summed E-state index contributed by atoms with van der Waals surface area (Å²) in [4.78, 5) is 2.31. The molecule has 2 aromatic carbocycles. The van der Waals surface area contributed by atoms with Crippen molar-refractivity contribution in [2.45, 2.75) is 19.9 Å². The average Bonchev–Trinajstić information content (AvgIpc) is 2.55. The first-order chi connectivity index (χ1) is 10.7. The van der Waals surface area contributed by atoms with Crippen LogP contribution in [0.25, 0.3) is 11.6 Å². The molecule has 1 unspecified atom stereocenters. The molecule has 0 N–H and O–H groups in total. The van der Waals surface area contributed by atoms with E-state index in [0.717, 1.165) is 0 Å². The van der Waals surface area contributed by atoms with Crippen molar-refractivity contribution >= 4 is 11.6 Å². The van der Waals surface area contributed by atoms with Gasteiger partial charge in [-0.25, -0.2) is 0 Å². The van der Waals surface area contributed by atoms with Gasteiger partial charge >= 0.3 is 0 Å². The van der Waals surface area contributed by atoms with Gasteiger partial charge in [0, 0.05) is 12.4 Å². The van der Waals surface area contributed by atoms with Crippen molar-refractivity contribution in [1.29, 1.82) is 0 Å². The minimum atomic E-state index is 0.311. The van der Waals surface area contributed by atoms with Crippen LogP contribution in [-0.2, 0) is 0 Å². The predicted molar refractivity (Wildman–Crippen MR) is 93.1 cm³/mol. The molecule has 2 aliphatic rings. The normalized spacial score (nSPS) is 18.7. The summed E-state index contributed by atoms with van der Waals surface area (Å²) in [5, 5.41) is 0. The van der Waals surface area contributed by atoms with Crippen molar-refractivity contribution in [3.63, 3.8) is 0 Å². The predicted octanol–water partition coefficient (Wildman–Crippen LogP) is 5.24. The molecule has 1 nitrogen and oxygen atoms in total. The van der Waals surface area contributed by atoms with E-state index in [-0.39, 0.29) is 0 Å². The van der Waals surface area contributed by atoms with Gasteiger partial charge in [-0.3, -0.25) is 0 Å². The molecule has 22 heavy (non-hydrogen) atoms. The second-order valence-corrected chi connectivity index (χ2v) is 6.10. The van der Waals surface area contributed by atoms with Crippen molar-refractivity contribution in [3.8, 4) is 0 Å². The zero-order valence-electron chi connectivity index (χ0n) is 13.0. The van der Waals surface area contributed by atoms with E-state index < -0.39 is 0 Å². The van der Waals surface area contributed by atoms with Crippen LogP contribution in [-0.4, -0.2) is 4.90 Å². The molecular formula is C21H19N. The molecule has 2 aromatic rings. The van der Waals surface area contributed by atoms with Crippen LogP contribution in [0.5, 0.6) is 0 Å². The molecule has 0 saturated carbocycles. The molecule has 0 bridgehead atoms. The topological polar surface area (TPSA) is 3.24 Å². The molecule has 2 aliphatic heterocycles. The third kappa shape index (κ3) is 2.10. The highest BCUT2D eigenvalue weighted by Gasteiger charge is 2.24. The summed E-state index contributed by atoms with van der Waals surface area (Å²) < 4.78 is 0. The number of aryl methyl sites for hydroxylation is 2. The lowest BCUT2D eigenvalue weighted by Crippen LogP contribution is -2.23. The Balaban J connectivity index is 1.76. The number of rotatable bonds is 1. The van der Waals surface area contributed by atoms with Crippen LogP contribution in [0.3, 0.4) is 0 Å². The lowest BCUT2D eigenvalue weighted by Gasteiger charge is -2.34. The summed E-state index contributed by atoms with van der Waals surface area (Å²) in [6.07, 6.45) is 11.2. The van der Waals surface area contributed by atoms with Gasteiger partial charge in [0.1, 0.15) is 0 Å². The van der Waals surface area contributed by atoms with Gasteiger partial charge in [-0.15, -0.1) is 0 Å². The molecule has 2 heterocycles. The van der Waals surface area contributed by atoms with Gasteiger partial charge in [-0.05, 0) is 47.8 Å². The fourth-order valence-electron chi connectivity index (χ4n) is 3.42. The summed E-state index contributed by atoms with van der Waals surface area (Å²) in [7, 11) is 0. The summed E-state index contributed by atoms with van der Waals surface area (Å²) in [6, 6.07) is 15.4. The van der Waals surface area contributed by atoms with E-state index >= 15 is 0 Å². The quantitative estimate of drug-likeness (QED) is 0.692. The fraction of sp³-hybridized carbons (Fsp3) is 0.143. The van der Waals surface area contributed by atoms with Crippen molar-refractivity contribution in [2.75, 3.05) is 0 Å². The Morgan fingerprint density at radius 2 is 1.77 bits per heavy atom. The van der Waals surface area contributed by atoms with Gasteiger partial charge in [0.05, 0.1) is 6.04 Å². The molecule has 1 heteroatoms. The van der Waals surface area contributed by atoms with Gasteiger partial charge in [0.15, 0.2) is 0 Å². The molecule has 0 radical (unpaired) electrons. The van der Waals surface area contributed by atoms with E-state index in [9.17, 15) is 0 Å². The van der Waals surface area contributed by atoms with Gasteiger partial charge in [0.25, 0.3) is 0 Å². The Hall–Kier alpha value is -2.54. The molecule has 0 aromatic heterocycles. The minimum Gasteiger partial charge on any atom is -0.343 e. The fourth-order valence-corrected chi connectivity index (χ4v) is 3.42. The Morgan fingerprint density at radius 1 is 0.955 bits per heavy atom. The number of allylic oxidation sites excluding steroid dienone is 2. The van der Waals surface area contributed by atoms with Gasteiger partial charge in [0.2, 0.25) is 0 Å². The van der Waals surface area contributed by atoms with E-state index in [4.69, 9.17) is 0 Å². The van der Waals surface area contributed by atoms with E-state index in [1.807, 2.05) is 0 Å². The maximum absolute atomic E-state index is 2.31. The molecule has 0 fully saturated rings. The zero-order chi connectivity index (χ0) is 15.1. The van der Waals surface area contributed by atoms with E-state index in [2.05, 4.69) is 91.8 Å². The molecule has 1 atom stereocenters. The highest BCUT2D eigenvalue weighted by Crippen LogP contribution is 2.38.